The van der Waals surface area contributed by atoms with Gasteiger partial charge in [-0.3, -0.25) is 19.1 Å². The molecular formula is C11H11BrN2O4S. The van der Waals surface area contributed by atoms with Crippen LogP contribution in [-0.4, -0.2) is 44.5 Å². The lowest BCUT2D eigenvalue weighted by Crippen LogP contribution is -2.41. The van der Waals surface area contributed by atoms with Crippen LogP contribution in [0.2, 0.25) is 0 Å². The lowest BCUT2D eigenvalue weighted by atomic mass is 10.1. The molecule has 0 N–H and O–H groups in total. The van der Waals surface area contributed by atoms with Gasteiger partial charge in [-0.2, -0.15) is 0 Å². The summed E-state index contributed by atoms with van der Waals surface area (Å²) >= 11 is 3.23. The highest BCUT2D eigenvalue weighted by Crippen LogP contribution is 2.24. The minimum atomic E-state index is -0.865. The molecule has 1 aromatic rings. The molecule has 1 aliphatic rings. The quantitative estimate of drug-likeness (QED) is 0.601. The van der Waals surface area contributed by atoms with Crippen LogP contribution < -0.4 is 0 Å². The van der Waals surface area contributed by atoms with Gasteiger partial charge in [-0.15, -0.1) is 0 Å². The lowest BCUT2D eigenvalue weighted by molar-refractivity contribution is -0.384. The van der Waals surface area contributed by atoms with E-state index in [-0.39, 0.29) is 17.2 Å². The summed E-state index contributed by atoms with van der Waals surface area (Å²) in [6.45, 7) is 0.834. The van der Waals surface area contributed by atoms with Gasteiger partial charge in [0.25, 0.3) is 11.6 Å². The van der Waals surface area contributed by atoms with Gasteiger partial charge in [0.2, 0.25) is 0 Å². The largest absolute Gasteiger partial charge is 0.337 e. The molecule has 1 saturated heterocycles. The van der Waals surface area contributed by atoms with Crippen molar-refractivity contribution in [3.8, 4) is 0 Å². The number of nitrogens with zero attached hydrogens (tertiary/aromatic N) is 2. The van der Waals surface area contributed by atoms with E-state index in [0.717, 1.165) is 0 Å². The molecule has 102 valence electrons. The van der Waals surface area contributed by atoms with Crippen LogP contribution >= 0.6 is 15.9 Å². The van der Waals surface area contributed by atoms with Crippen LogP contribution in [0.5, 0.6) is 0 Å². The van der Waals surface area contributed by atoms with E-state index >= 15 is 0 Å². The number of halogens is 1. The standard InChI is InChI=1S/C11H11BrN2O4S/c12-10-2-1-8(14(16)17)7-9(10)11(15)13-3-5-19(18)6-4-13/h1-2,7H,3-6H2. The van der Waals surface area contributed by atoms with Gasteiger partial charge in [0.15, 0.2) is 0 Å². The second-order valence-corrected chi connectivity index (χ2v) is 6.61. The van der Waals surface area contributed by atoms with Gasteiger partial charge in [-0.25, -0.2) is 0 Å². The monoisotopic (exact) mass is 346 g/mol. The summed E-state index contributed by atoms with van der Waals surface area (Å²) in [7, 11) is -0.865. The highest BCUT2D eigenvalue weighted by Gasteiger charge is 2.24. The number of amides is 1. The van der Waals surface area contributed by atoms with E-state index in [1.54, 1.807) is 4.90 Å². The van der Waals surface area contributed by atoms with Crippen molar-refractivity contribution in [1.29, 1.82) is 0 Å². The van der Waals surface area contributed by atoms with Crippen LogP contribution in [0.3, 0.4) is 0 Å². The molecule has 6 nitrogen and oxygen atoms in total. The minimum absolute atomic E-state index is 0.118. The average molecular weight is 347 g/mol. The van der Waals surface area contributed by atoms with Crippen LogP contribution in [0, 0.1) is 10.1 Å². The van der Waals surface area contributed by atoms with Gasteiger partial charge < -0.3 is 4.90 Å². The second kappa shape index (κ2) is 5.79. The zero-order valence-corrected chi connectivity index (χ0v) is 12.3. The number of rotatable bonds is 2. The Morgan fingerprint density at radius 1 is 1.37 bits per heavy atom. The Morgan fingerprint density at radius 3 is 2.58 bits per heavy atom. The van der Waals surface area contributed by atoms with E-state index in [9.17, 15) is 19.1 Å². The number of nitro groups is 1. The van der Waals surface area contributed by atoms with Gasteiger partial charge in [-0.1, -0.05) is 0 Å². The summed E-state index contributed by atoms with van der Waals surface area (Å²) in [4.78, 5) is 24.0. The highest BCUT2D eigenvalue weighted by molar-refractivity contribution is 9.10. The number of nitro benzene ring substituents is 1. The van der Waals surface area contributed by atoms with E-state index in [2.05, 4.69) is 15.9 Å². The number of hydrogen-bond acceptors (Lipinski definition) is 4. The predicted molar refractivity (Wildman–Crippen MR) is 74.6 cm³/mol. The normalized spacial score (nSPS) is 16.4. The van der Waals surface area contributed by atoms with Crippen LogP contribution in [0.4, 0.5) is 5.69 Å². The van der Waals surface area contributed by atoms with Crippen LogP contribution in [0.25, 0.3) is 0 Å². The number of carbonyl (C=O) groups excluding carboxylic acids is 1. The molecule has 8 heteroatoms. The van der Waals surface area contributed by atoms with Gasteiger partial charge in [0.1, 0.15) is 0 Å². The molecule has 0 radical (unpaired) electrons. The van der Waals surface area contributed by atoms with E-state index in [0.29, 0.717) is 29.1 Å². The summed E-state index contributed by atoms with van der Waals surface area (Å²) in [6, 6.07) is 4.09. The maximum absolute atomic E-state index is 12.3. The average Bonchev–Trinajstić information content (AvgIpc) is 2.39. The molecule has 19 heavy (non-hydrogen) atoms. The van der Waals surface area contributed by atoms with Gasteiger partial charge in [0.05, 0.1) is 10.5 Å². The van der Waals surface area contributed by atoms with Crippen molar-refractivity contribution in [2.24, 2.45) is 0 Å². The van der Waals surface area contributed by atoms with Crippen molar-refractivity contribution >= 4 is 38.3 Å². The first-order valence-electron chi connectivity index (χ1n) is 5.57. The number of benzene rings is 1. The molecule has 0 unspecified atom stereocenters. The zero-order valence-electron chi connectivity index (χ0n) is 9.87. The Labute approximate surface area is 120 Å². The van der Waals surface area contributed by atoms with Crippen molar-refractivity contribution in [1.82, 2.24) is 4.90 Å². The van der Waals surface area contributed by atoms with Crippen molar-refractivity contribution in [2.75, 3.05) is 24.6 Å². The molecule has 2 rings (SSSR count). The summed E-state index contributed by atoms with van der Waals surface area (Å²) in [5.74, 6) is 0.642. The molecule has 0 atom stereocenters. The fraction of sp³-hybridized carbons (Fsp3) is 0.364. The molecule has 0 aliphatic carbocycles. The van der Waals surface area contributed by atoms with E-state index < -0.39 is 15.7 Å². The Bertz CT molecular complexity index is 554. The molecule has 1 heterocycles. The van der Waals surface area contributed by atoms with Crippen molar-refractivity contribution in [3.05, 3.63) is 38.3 Å². The Morgan fingerprint density at radius 2 is 2.00 bits per heavy atom. The molecule has 1 amide bonds. The van der Waals surface area contributed by atoms with Crippen LogP contribution in [0.15, 0.2) is 22.7 Å². The Kier molecular flexibility index (Phi) is 4.31. The van der Waals surface area contributed by atoms with Crippen molar-refractivity contribution < 1.29 is 13.9 Å². The first-order valence-corrected chi connectivity index (χ1v) is 7.85. The molecule has 1 aliphatic heterocycles. The summed E-state index contributed by atoms with van der Waals surface area (Å²) in [6.07, 6.45) is 0. The molecule has 0 spiro atoms. The topological polar surface area (TPSA) is 80.5 Å². The maximum atomic E-state index is 12.3. The van der Waals surface area contributed by atoms with E-state index in [4.69, 9.17) is 0 Å². The maximum Gasteiger partial charge on any atom is 0.270 e. The third-order valence-corrected chi connectivity index (χ3v) is 4.82. The second-order valence-electron chi connectivity index (χ2n) is 4.06. The highest BCUT2D eigenvalue weighted by atomic mass is 79.9. The Balaban J connectivity index is 2.25. The zero-order chi connectivity index (χ0) is 14.0. The SMILES string of the molecule is O=C(c1cc([N+](=O)[O-])ccc1Br)N1CCS(=O)CC1. The molecule has 0 bridgehead atoms. The summed E-state index contributed by atoms with van der Waals surface area (Å²) < 4.78 is 11.8. The van der Waals surface area contributed by atoms with Crippen LogP contribution in [-0.2, 0) is 10.8 Å². The Hall–Kier alpha value is -1.28. The van der Waals surface area contributed by atoms with E-state index in [1.165, 1.54) is 18.2 Å². The number of non-ortho nitro benzene ring substituents is 1. The molecule has 1 aromatic carbocycles. The fourth-order valence-electron chi connectivity index (χ4n) is 1.80. The van der Waals surface area contributed by atoms with Gasteiger partial charge in [-0.05, 0) is 22.0 Å². The van der Waals surface area contributed by atoms with E-state index in [1.807, 2.05) is 0 Å². The van der Waals surface area contributed by atoms with Gasteiger partial charge >= 0.3 is 0 Å². The molecular weight excluding hydrogens is 336 g/mol. The third-order valence-electron chi connectivity index (χ3n) is 2.86. The molecule has 0 aromatic heterocycles. The molecule has 0 saturated carbocycles. The third kappa shape index (κ3) is 3.19. The summed E-state index contributed by atoms with van der Waals surface area (Å²) in [5, 5.41) is 10.7. The fourth-order valence-corrected chi connectivity index (χ4v) is 3.27. The molecule has 1 fully saturated rings. The van der Waals surface area contributed by atoms with Crippen LogP contribution in [0.1, 0.15) is 10.4 Å². The van der Waals surface area contributed by atoms with Crippen molar-refractivity contribution in [3.63, 3.8) is 0 Å². The van der Waals surface area contributed by atoms with Crippen molar-refractivity contribution in [2.45, 2.75) is 0 Å². The minimum Gasteiger partial charge on any atom is -0.337 e. The summed E-state index contributed by atoms with van der Waals surface area (Å²) in [5.41, 5.74) is 0.147. The van der Waals surface area contributed by atoms with Gasteiger partial charge in [0, 0.05) is 52.0 Å². The first kappa shape index (κ1) is 14.1. The smallest absolute Gasteiger partial charge is 0.270 e. The number of carbonyl (C=O) groups is 1. The number of hydrogen-bond donors (Lipinski definition) is 0. The lowest BCUT2D eigenvalue weighted by Gasteiger charge is -2.26. The predicted octanol–water partition coefficient (Wildman–Crippen LogP) is 1.56. The first-order chi connectivity index (χ1) is 8.99.